The van der Waals surface area contributed by atoms with Crippen molar-refractivity contribution in [1.82, 2.24) is 0 Å². The summed E-state index contributed by atoms with van der Waals surface area (Å²) < 4.78 is 31.6. The van der Waals surface area contributed by atoms with Gasteiger partial charge < -0.3 is 0 Å². The molecular weight excluding hydrogens is 343 g/mol. The minimum atomic E-state index is -4.58. The summed E-state index contributed by atoms with van der Waals surface area (Å²) in [6.45, 7) is 0. The van der Waals surface area contributed by atoms with Crippen molar-refractivity contribution >= 4 is 50.6 Å². The van der Waals surface area contributed by atoms with Gasteiger partial charge >= 0.3 is 0 Å². The van der Waals surface area contributed by atoms with Crippen LogP contribution in [0.15, 0.2) is 41.3 Å². The Bertz CT molecular complexity index is 921. The fourth-order valence-electron chi connectivity index (χ4n) is 2.33. The van der Waals surface area contributed by atoms with Crippen LogP contribution in [0.3, 0.4) is 0 Å². The highest BCUT2D eigenvalue weighted by Crippen LogP contribution is 2.35. The predicted molar refractivity (Wildman–Crippen MR) is 80.3 cm³/mol. The van der Waals surface area contributed by atoms with Gasteiger partial charge in [-0.15, -0.1) is 0 Å². The molecule has 22 heavy (non-hydrogen) atoms. The summed E-state index contributed by atoms with van der Waals surface area (Å²) in [5.74, 6) is -0.959. The minimum Gasteiger partial charge on any atom is -0.289 e. The first kappa shape index (κ1) is 16.9. The van der Waals surface area contributed by atoms with Gasteiger partial charge in [-0.1, -0.05) is 35.9 Å². The third-order valence-corrected chi connectivity index (χ3v) is 4.67. The Morgan fingerprint density at radius 1 is 0.864 bits per heavy atom. The molecule has 0 aliphatic heterocycles. The second-order valence-electron chi connectivity index (χ2n) is 4.48. The maximum absolute atomic E-state index is 12.4. The van der Waals surface area contributed by atoms with Gasteiger partial charge in [0.05, 0.1) is 10.6 Å². The lowest BCUT2D eigenvalue weighted by Gasteiger charge is -2.19. The zero-order chi connectivity index (χ0) is 15.4. The molecule has 0 saturated heterocycles. The Morgan fingerprint density at radius 2 is 1.41 bits per heavy atom. The van der Waals surface area contributed by atoms with E-state index in [9.17, 15) is 18.0 Å². The van der Waals surface area contributed by atoms with Crippen LogP contribution >= 0.6 is 11.6 Å². The molecule has 0 fully saturated rings. The van der Waals surface area contributed by atoms with Crippen LogP contribution in [0.5, 0.6) is 0 Å². The van der Waals surface area contributed by atoms with E-state index in [2.05, 4.69) is 0 Å². The smallest absolute Gasteiger partial charge is 0.289 e. The second-order valence-corrected chi connectivity index (χ2v) is 6.25. The number of halogens is 1. The summed E-state index contributed by atoms with van der Waals surface area (Å²) in [6, 6.07) is 8.40. The molecule has 0 heterocycles. The fourth-order valence-corrected chi connectivity index (χ4v) is 3.44. The molecule has 0 amide bonds. The van der Waals surface area contributed by atoms with Gasteiger partial charge in [0.2, 0.25) is 0 Å². The van der Waals surface area contributed by atoms with Crippen LogP contribution in [0.2, 0.25) is 5.02 Å². The molecule has 0 aromatic heterocycles. The van der Waals surface area contributed by atoms with Crippen molar-refractivity contribution in [3.8, 4) is 0 Å². The first-order valence-corrected chi connectivity index (χ1v) is 7.62. The predicted octanol–water partition coefficient (Wildman–Crippen LogP) is 1.98. The highest BCUT2D eigenvalue weighted by molar-refractivity contribution is 7.86. The first-order valence-electron chi connectivity index (χ1n) is 5.81. The number of rotatable bonds is 1. The Kier molecular flexibility index (Phi) is 4.31. The molecule has 1 aliphatic carbocycles. The monoisotopic (exact) mass is 349 g/mol. The van der Waals surface area contributed by atoms with Gasteiger partial charge in [-0.2, -0.15) is 8.42 Å². The lowest BCUT2D eigenvalue weighted by molar-refractivity contribution is 0.0979. The largest absolute Gasteiger partial charge is 0.296 e. The summed E-state index contributed by atoms with van der Waals surface area (Å²) in [4.78, 5) is 24.2. The number of ketones is 2. The average Bonchev–Trinajstić information content (AvgIpc) is 2.43. The number of benzene rings is 2. The quantitative estimate of drug-likeness (QED) is 0.536. The number of hydrogen-bond acceptors (Lipinski definition) is 4. The van der Waals surface area contributed by atoms with Gasteiger partial charge in [-0.05, 0) is 12.1 Å². The zero-order valence-electron chi connectivity index (χ0n) is 10.9. The molecule has 0 unspecified atom stereocenters. The van der Waals surface area contributed by atoms with Crippen LogP contribution in [0.25, 0.3) is 0 Å². The summed E-state index contributed by atoms with van der Waals surface area (Å²) >= 11 is 5.93. The van der Waals surface area contributed by atoms with Gasteiger partial charge in [0.1, 0.15) is 4.90 Å². The molecule has 3 radical (unpaired) electrons. The minimum absolute atomic E-state index is 0. The Morgan fingerprint density at radius 3 is 1.95 bits per heavy atom. The van der Waals surface area contributed by atoms with Crippen molar-refractivity contribution < 1.29 is 22.6 Å². The summed E-state index contributed by atoms with van der Waals surface area (Å²) in [7, 11) is -4.58. The molecule has 0 atom stereocenters. The average molecular weight is 350 g/mol. The number of carbonyl (C=O) groups excluding carboxylic acids is 2. The van der Waals surface area contributed by atoms with E-state index in [4.69, 9.17) is 16.2 Å². The second kappa shape index (κ2) is 5.61. The van der Waals surface area contributed by atoms with E-state index in [-0.39, 0.29) is 39.6 Å². The van der Waals surface area contributed by atoms with Crippen LogP contribution in [0.1, 0.15) is 31.8 Å². The molecule has 1 N–H and O–H groups in total. The van der Waals surface area contributed by atoms with E-state index in [0.29, 0.717) is 0 Å². The highest BCUT2D eigenvalue weighted by atomic mass is 35.5. The molecule has 3 rings (SSSR count). The number of carbonyl (C=O) groups is 2. The van der Waals surface area contributed by atoms with Gasteiger partial charge in [0, 0.05) is 34.1 Å². The molecule has 2 aromatic carbocycles. The van der Waals surface area contributed by atoms with Crippen LogP contribution in [-0.2, 0) is 10.1 Å². The van der Waals surface area contributed by atoms with E-state index in [1.807, 2.05) is 0 Å². The van der Waals surface area contributed by atoms with Crippen molar-refractivity contribution in [3.05, 3.63) is 63.7 Å². The molecule has 2 aromatic rings. The van der Waals surface area contributed by atoms with Gasteiger partial charge in [0.25, 0.3) is 10.1 Å². The fraction of sp³-hybridized carbons (Fsp3) is 0. The topological polar surface area (TPSA) is 88.5 Å². The molecule has 1 aliphatic rings. The van der Waals surface area contributed by atoms with Crippen molar-refractivity contribution in [1.29, 1.82) is 0 Å². The van der Waals surface area contributed by atoms with Crippen molar-refractivity contribution in [2.45, 2.75) is 4.90 Å². The lowest BCUT2D eigenvalue weighted by atomic mass is 9.84. The molecule has 5 nitrogen and oxygen atoms in total. The van der Waals surface area contributed by atoms with Crippen LogP contribution in [0, 0.1) is 0 Å². The van der Waals surface area contributed by atoms with Gasteiger partial charge in [0.15, 0.2) is 11.6 Å². The molecule has 0 bridgehead atoms. The van der Waals surface area contributed by atoms with Crippen LogP contribution in [0.4, 0.5) is 0 Å². The normalized spacial score (nSPS) is 13.2. The SMILES string of the molecule is O=C1c2ccccc2C(=O)c2c1ccc(S(=O)(=O)O)c2Cl.[Al]. The van der Waals surface area contributed by atoms with Crippen LogP contribution in [-0.4, -0.2) is 41.9 Å². The van der Waals surface area contributed by atoms with E-state index < -0.39 is 31.6 Å². The van der Waals surface area contributed by atoms with E-state index in [1.165, 1.54) is 18.2 Å². The Labute approximate surface area is 141 Å². The summed E-state index contributed by atoms with van der Waals surface area (Å²) in [6.07, 6.45) is 0. The molecule has 109 valence electrons. The molecule has 8 heteroatoms. The summed E-state index contributed by atoms with van der Waals surface area (Å²) in [5.41, 5.74) is 0.224. The number of fused-ring (bicyclic) bond motifs is 2. The van der Waals surface area contributed by atoms with Crippen molar-refractivity contribution in [2.24, 2.45) is 0 Å². The van der Waals surface area contributed by atoms with Crippen molar-refractivity contribution in [3.63, 3.8) is 0 Å². The third-order valence-electron chi connectivity index (χ3n) is 3.27. The van der Waals surface area contributed by atoms with E-state index in [1.54, 1.807) is 12.1 Å². The Balaban J connectivity index is 0.00000176. The first-order chi connectivity index (χ1) is 9.82. The molecular formula is C14H7AlClO5S. The lowest BCUT2D eigenvalue weighted by Crippen LogP contribution is -2.22. The van der Waals surface area contributed by atoms with Crippen LogP contribution < -0.4 is 0 Å². The maximum atomic E-state index is 12.4. The maximum Gasteiger partial charge on any atom is 0.296 e. The highest BCUT2D eigenvalue weighted by Gasteiger charge is 2.33. The molecule has 0 spiro atoms. The summed E-state index contributed by atoms with van der Waals surface area (Å²) in [5, 5.41) is -0.442. The number of hydrogen-bond donors (Lipinski definition) is 1. The van der Waals surface area contributed by atoms with E-state index >= 15 is 0 Å². The molecule has 0 saturated carbocycles. The van der Waals surface area contributed by atoms with Crippen molar-refractivity contribution in [2.75, 3.05) is 0 Å². The third kappa shape index (κ3) is 2.41. The van der Waals surface area contributed by atoms with E-state index in [0.717, 1.165) is 6.07 Å². The van der Waals surface area contributed by atoms with Gasteiger partial charge in [-0.3, -0.25) is 14.1 Å². The Hall–Kier alpha value is -1.49. The standard InChI is InChI=1S/C14H7ClO5S.Al/c15-12-10(21(18,19)20)6-5-9-11(12)14(17)8-4-2-1-3-7(8)13(9)16;/h1-6H,(H,18,19,20);. The zero-order valence-corrected chi connectivity index (χ0v) is 13.6. The van der Waals surface area contributed by atoms with Gasteiger partial charge in [-0.25, -0.2) is 0 Å².